The maximum atomic E-state index is 12.7. The molecule has 2 aromatic carbocycles. The van der Waals surface area contributed by atoms with Gasteiger partial charge in [-0.2, -0.15) is 13.2 Å². The minimum atomic E-state index is -4.43. The molecule has 0 fully saturated rings. The van der Waals surface area contributed by atoms with E-state index in [1.54, 1.807) is 19.1 Å². The van der Waals surface area contributed by atoms with Crippen molar-refractivity contribution in [2.45, 2.75) is 18.0 Å². The number of esters is 1. The summed E-state index contributed by atoms with van der Waals surface area (Å²) in [5.74, 6) is -0.986. The lowest BCUT2D eigenvalue weighted by molar-refractivity contribution is -0.137. The third-order valence-corrected chi connectivity index (χ3v) is 4.46. The maximum absolute atomic E-state index is 12.7. The second kappa shape index (κ2) is 8.27. The van der Waals surface area contributed by atoms with Gasteiger partial charge in [-0.25, -0.2) is 4.79 Å². The van der Waals surface area contributed by atoms with Crippen LogP contribution in [0, 0.1) is 6.92 Å². The van der Waals surface area contributed by atoms with Crippen LogP contribution in [0.5, 0.6) is 0 Å². The average Bonchev–Trinajstić information content (AvgIpc) is 2.60. The van der Waals surface area contributed by atoms with Crippen LogP contribution in [0.1, 0.15) is 21.5 Å². The van der Waals surface area contributed by atoms with E-state index in [0.717, 1.165) is 29.5 Å². The minimum absolute atomic E-state index is 0.0663. The molecule has 0 aliphatic carbocycles. The van der Waals surface area contributed by atoms with E-state index in [2.05, 4.69) is 10.1 Å². The predicted molar refractivity (Wildman–Crippen MR) is 93.3 cm³/mol. The number of aryl methyl sites for hydroxylation is 1. The number of ether oxygens (including phenoxy) is 1. The van der Waals surface area contributed by atoms with E-state index in [0.29, 0.717) is 16.1 Å². The molecule has 0 aliphatic rings. The number of rotatable bonds is 5. The first-order valence-electron chi connectivity index (χ1n) is 7.49. The van der Waals surface area contributed by atoms with E-state index >= 15 is 0 Å². The molecule has 0 unspecified atom stereocenters. The first-order valence-corrected chi connectivity index (χ1v) is 8.48. The molecule has 0 saturated heterocycles. The zero-order valence-electron chi connectivity index (χ0n) is 14.0. The summed E-state index contributed by atoms with van der Waals surface area (Å²) in [5.41, 5.74) is 0.723. The van der Waals surface area contributed by atoms with Gasteiger partial charge >= 0.3 is 12.1 Å². The smallest absolute Gasteiger partial charge is 0.416 e. The number of hydrogen-bond acceptors (Lipinski definition) is 4. The predicted octanol–water partition coefficient (Wildman–Crippen LogP) is 4.53. The van der Waals surface area contributed by atoms with E-state index in [-0.39, 0.29) is 5.75 Å². The van der Waals surface area contributed by atoms with Crippen LogP contribution in [0.3, 0.4) is 0 Å². The lowest BCUT2D eigenvalue weighted by atomic mass is 10.1. The van der Waals surface area contributed by atoms with Crippen molar-refractivity contribution in [3.8, 4) is 0 Å². The molecule has 0 aromatic heterocycles. The van der Waals surface area contributed by atoms with Gasteiger partial charge < -0.3 is 10.1 Å². The number of anilines is 1. The van der Waals surface area contributed by atoms with Crippen LogP contribution in [0.25, 0.3) is 0 Å². The number of thioether (sulfide) groups is 1. The van der Waals surface area contributed by atoms with Crippen LogP contribution in [-0.2, 0) is 15.7 Å². The van der Waals surface area contributed by atoms with Gasteiger partial charge in [-0.3, -0.25) is 4.79 Å². The fraction of sp³-hybridized carbons (Fsp3) is 0.222. The number of carbonyl (C=O) groups excluding carboxylic acids is 2. The SMILES string of the molecule is COC(=O)c1ccc(C)c(NC(=O)CSc2cccc(C(F)(F)F)c2)c1. The second-order valence-electron chi connectivity index (χ2n) is 5.38. The van der Waals surface area contributed by atoms with Gasteiger partial charge in [0.15, 0.2) is 0 Å². The van der Waals surface area contributed by atoms with Crippen LogP contribution >= 0.6 is 11.8 Å². The first-order chi connectivity index (χ1) is 12.2. The van der Waals surface area contributed by atoms with Gasteiger partial charge in [-0.05, 0) is 42.8 Å². The fourth-order valence-corrected chi connectivity index (χ4v) is 2.85. The van der Waals surface area contributed by atoms with Crippen molar-refractivity contribution in [3.63, 3.8) is 0 Å². The lowest BCUT2D eigenvalue weighted by Crippen LogP contribution is -2.15. The first kappa shape index (κ1) is 19.8. The molecular weight excluding hydrogens is 367 g/mol. The highest BCUT2D eigenvalue weighted by atomic mass is 32.2. The van der Waals surface area contributed by atoms with Gasteiger partial charge in [0.05, 0.1) is 24.0 Å². The fourth-order valence-electron chi connectivity index (χ4n) is 2.10. The van der Waals surface area contributed by atoms with Gasteiger partial charge in [0, 0.05) is 10.6 Å². The van der Waals surface area contributed by atoms with Gasteiger partial charge in [-0.1, -0.05) is 12.1 Å². The zero-order chi connectivity index (χ0) is 19.3. The van der Waals surface area contributed by atoms with E-state index in [4.69, 9.17) is 0 Å². The van der Waals surface area contributed by atoms with Gasteiger partial charge in [0.25, 0.3) is 0 Å². The van der Waals surface area contributed by atoms with E-state index in [1.165, 1.54) is 25.3 Å². The van der Waals surface area contributed by atoms with E-state index in [9.17, 15) is 22.8 Å². The van der Waals surface area contributed by atoms with Crippen molar-refractivity contribution in [2.75, 3.05) is 18.2 Å². The zero-order valence-corrected chi connectivity index (χ0v) is 14.8. The molecule has 8 heteroatoms. The summed E-state index contributed by atoms with van der Waals surface area (Å²) in [5, 5.41) is 2.65. The summed E-state index contributed by atoms with van der Waals surface area (Å²) in [6, 6.07) is 9.53. The van der Waals surface area contributed by atoms with Crippen molar-refractivity contribution in [3.05, 3.63) is 59.2 Å². The number of nitrogens with one attached hydrogen (secondary N) is 1. The Bertz CT molecular complexity index is 822. The monoisotopic (exact) mass is 383 g/mol. The van der Waals surface area contributed by atoms with E-state index < -0.39 is 23.6 Å². The molecule has 2 rings (SSSR count). The summed E-state index contributed by atoms with van der Waals surface area (Å²) >= 11 is 0.995. The highest BCUT2D eigenvalue weighted by Crippen LogP contribution is 2.32. The van der Waals surface area contributed by atoms with Crippen LogP contribution < -0.4 is 5.32 Å². The van der Waals surface area contributed by atoms with E-state index in [1.807, 2.05) is 0 Å². The van der Waals surface area contributed by atoms with Gasteiger partial charge in [-0.15, -0.1) is 11.8 Å². The van der Waals surface area contributed by atoms with Crippen LogP contribution in [0.4, 0.5) is 18.9 Å². The standard InChI is InChI=1S/C18H16F3NO3S/c1-11-6-7-12(17(24)25-2)8-15(11)22-16(23)10-26-14-5-3-4-13(9-14)18(19,20)21/h3-9H,10H2,1-2H3,(H,22,23). The Hall–Kier alpha value is -2.48. The molecule has 26 heavy (non-hydrogen) atoms. The number of amides is 1. The van der Waals surface area contributed by atoms with Crippen molar-refractivity contribution in [2.24, 2.45) is 0 Å². The molecule has 0 heterocycles. The van der Waals surface area contributed by atoms with Crippen LogP contribution in [-0.4, -0.2) is 24.7 Å². The van der Waals surface area contributed by atoms with Gasteiger partial charge in [0.1, 0.15) is 0 Å². The Kier molecular flexibility index (Phi) is 6.31. The van der Waals surface area contributed by atoms with Crippen molar-refractivity contribution in [1.82, 2.24) is 0 Å². The summed E-state index contributed by atoms with van der Waals surface area (Å²) in [4.78, 5) is 24.0. The molecule has 1 amide bonds. The Morgan fingerprint density at radius 1 is 1.15 bits per heavy atom. The van der Waals surface area contributed by atoms with Crippen molar-refractivity contribution < 1.29 is 27.5 Å². The molecule has 0 aliphatic heterocycles. The molecule has 0 spiro atoms. The number of hydrogen-bond donors (Lipinski definition) is 1. The normalized spacial score (nSPS) is 11.1. The number of carbonyl (C=O) groups is 2. The molecule has 0 atom stereocenters. The highest BCUT2D eigenvalue weighted by Gasteiger charge is 2.30. The third kappa shape index (κ3) is 5.26. The Morgan fingerprint density at radius 3 is 2.54 bits per heavy atom. The number of halogens is 3. The van der Waals surface area contributed by atoms with Crippen LogP contribution in [0.2, 0.25) is 0 Å². The summed E-state index contributed by atoms with van der Waals surface area (Å²) in [7, 11) is 1.26. The maximum Gasteiger partial charge on any atom is 0.416 e. The number of benzene rings is 2. The number of methoxy groups -OCH3 is 1. The Balaban J connectivity index is 2.03. The van der Waals surface area contributed by atoms with Crippen LogP contribution in [0.15, 0.2) is 47.4 Å². The molecule has 2 aromatic rings. The largest absolute Gasteiger partial charge is 0.465 e. The topological polar surface area (TPSA) is 55.4 Å². The molecule has 0 bridgehead atoms. The quantitative estimate of drug-likeness (QED) is 0.609. The second-order valence-corrected chi connectivity index (χ2v) is 6.43. The summed E-state index contributed by atoms with van der Waals surface area (Å²) in [6.45, 7) is 1.76. The highest BCUT2D eigenvalue weighted by molar-refractivity contribution is 8.00. The molecule has 138 valence electrons. The van der Waals surface area contributed by atoms with Crippen molar-refractivity contribution in [1.29, 1.82) is 0 Å². The van der Waals surface area contributed by atoms with Crippen molar-refractivity contribution >= 4 is 29.3 Å². The molecule has 1 N–H and O–H groups in total. The van der Waals surface area contributed by atoms with Gasteiger partial charge in [0.2, 0.25) is 5.91 Å². The third-order valence-electron chi connectivity index (χ3n) is 3.46. The number of alkyl halides is 3. The minimum Gasteiger partial charge on any atom is -0.465 e. The average molecular weight is 383 g/mol. The molecule has 0 saturated carbocycles. The summed E-state index contributed by atoms with van der Waals surface area (Å²) in [6.07, 6.45) is -4.43. The Labute approximate surface area is 152 Å². The molecule has 0 radical (unpaired) electrons. The molecular formula is C18H16F3NO3S. The Morgan fingerprint density at radius 2 is 1.88 bits per heavy atom. The summed E-state index contributed by atoms with van der Waals surface area (Å²) < 4.78 is 42.7. The lowest BCUT2D eigenvalue weighted by Gasteiger charge is -2.11. The molecule has 4 nitrogen and oxygen atoms in total.